The summed E-state index contributed by atoms with van der Waals surface area (Å²) in [5.41, 5.74) is 0.565. The molecule has 0 spiro atoms. The second-order valence-corrected chi connectivity index (χ2v) is 6.84. The molecule has 0 aliphatic carbocycles. The van der Waals surface area contributed by atoms with Gasteiger partial charge in [0.25, 0.3) is 5.85 Å². The molecule has 2 amide bonds. The van der Waals surface area contributed by atoms with Crippen LogP contribution in [0.1, 0.15) is 25.1 Å². The smallest absolute Gasteiger partial charge is 0.435 e. The van der Waals surface area contributed by atoms with Crippen molar-refractivity contribution in [3.05, 3.63) is 78.1 Å². The highest BCUT2D eigenvalue weighted by molar-refractivity contribution is 6.14. The lowest BCUT2D eigenvalue weighted by Crippen LogP contribution is -2.56. The van der Waals surface area contributed by atoms with Gasteiger partial charge >= 0.3 is 12.2 Å². The first kappa shape index (κ1) is 21.3. The van der Waals surface area contributed by atoms with Gasteiger partial charge in [0.15, 0.2) is 5.84 Å². The third-order valence-electron chi connectivity index (χ3n) is 4.89. The van der Waals surface area contributed by atoms with Gasteiger partial charge in [0.2, 0.25) is 0 Å². The van der Waals surface area contributed by atoms with Gasteiger partial charge in [0.1, 0.15) is 5.69 Å². The number of rotatable bonds is 4. The molecule has 164 valence electrons. The number of pyridine rings is 1. The van der Waals surface area contributed by atoms with E-state index < -0.39 is 18.0 Å². The number of aliphatic imine (C=N–C) groups is 1. The highest BCUT2D eigenvalue weighted by Gasteiger charge is 2.54. The van der Waals surface area contributed by atoms with Gasteiger partial charge in [-0.3, -0.25) is 4.98 Å². The van der Waals surface area contributed by atoms with Crippen molar-refractivity contribution >= 4 is 28.8 Å². The molecule has 1 N–H and O–H groups in total. The lowest BCUT2D eigenvalue weighted by molar-refractivity contribution is -0.141. The third kappa shape index (κ3) is 3.52. The minimum Gasteiger partial charge on any atom is -0.448 e. The van der Waals surface area contributed by atoms with Crippen molar-refractivity contribution in [2.75, 3.05) is 13.2 Å². The first-order valence-electron chi connectivity index (χ1n) is 10.2. The molecule has 32 heavy (non-hydrogen) atoms. The predicted molar refractivity (Wildman–Crippen MR) is 116 cm³/mol. The minimum atomic E-state index is -2.26. The standard InChI is InChI=1S/C23H22N4O5/c1-3-31-21(28)26-20(19-18-13-9-8-10-16(18)14-15-24-19)25-23(30,17-11-6-5-7-12-17)27(26)22(29)32-4-2/h5-15,30H,3-4H2,1-2H3. The summed E-state index contributed by atoms with van der Waals surface area (Å²) < 4.78 is 10.4. The summed E-state index contributed by atoms with van der Waals surface area (Å²) in [5, 5.41) is 14.8. The lowest BCUT2D eigenvalue weighted by atomic mass is 10.1. The molecule has 1 atom stereocenters. The van der Waals surface area contributed by atoms with Gasteiger partial charge < -0.3 is 14.6 Å². The number of carbonyl (C=O) groups excluding carboxylic acids is 2. The fraction of sp³-hybridized carbons (Fsp3) is 0.217. The molecule has 2 heterocycles. The molecule has 1 unspecified atom stereocenters. The Morgan fingerprint density at radius 3 is 2.31 bits per heavy atom. The lowest BCUT2D eigenvalue weighted by Gasteiger charge is -2.34. The number of amides is 2. The molecule has 0 bridgehead atoms. The number of hydrogen-bond donors (Lipinski definition) is 1. The summed E-state index contributed by atoms with van der Waals surface area (Å²) in [4.78, 5) is 34.9. The quantitative estimate of drug-likeness (QED) is 0.672. The van der Waals surface area contributed by atoms with Crippen LogP contribution in [-0.4, -0.2) is 51.3 Å². The van der Waals surface area contributed by atoms with Gasteiger partial charge in [-0.25, -0.2) is 14.6 Å². The number of fused-ring (bicyclic) bond motifs is 1. The summed E-state index contributed by atoms with van der Waals surface area (Å²) in [6.07, 6.45) is -0.301. The SMILES string of the molecule is CCOC(=O)N1C(c2nccc3ccccc23)=NC(O)(c2ccccc2)N1C(=O)OCC. The van der Waals surface area contributed by atoms with Crippen LogP contribution in [0.2, 0.25) is 0 Å². The van der Waals surface area contributed by atoms with Gasteiger partial charge in [-0.1, -0.05) is 54.6 Å². The molecule has 9 heteroatoms. The van der Waals surface area contributed by atoms with E-state index in [0.29, 0.717) is 11.1 Å². The Balaban J connectivity index is 1.98. The zero-order chi connectivity index (χ0) is 22.7. The summed E-state index contributed by atoms with van der Waals surface area (Å²) in [6, 6.07) is 17.5. The number of amidine groups is 1. The highest BCUT2D eigenvalue weighted by atomic mass is 16.6. The Bertz CT molecular complexity index is 1180. The van der Waals surface area contributed by atoms with E-state index in [2.05, 4.69) is 9.98 Å². The van der Waals surface area contributed by atoms with Crippen molar-refractivity contribution in [1.29, 1.82) is 0 Å². The molecule has 4 rings (SSSR count). The van der Waals surface area contributed by atoms with Gasteiger partial charge in [-0.05, 0) is 25.3 Å². The second kappa shape index (κ2) is 8.64. The first-order chi connectivity index (χ1) is 15.5. The molecule has 1 aliphatic rings. The van der Waals surface area contributed by atoms with Crippen LogP contribution >= 0.6 is 0 Å². The second-order valence-electron chi connectivity index (χ2n) is 6.84. The molecule has 3 aromatic rings. The number of hydrogen-bond acceptors (Lipinski definition) is 7. The number of aliphatic hydroxyl groups is 1. The van der Waals surface area contributed by atoms with Gasteiger partial charge in [0.05, 0.1) is 13.2 Å². The van der Waals surface area contributed by atoms with Crippen LogP contribution in [0.15, 0.2) is 71.9 Å². The Morgan fingerprint density at radius 2 is 1.59 bits per heavy atom. The summed E-state index contributed by atoms with van der Waals surface area (Å²) in [7, 11) is 0. The number of benzene rings is 2. The summed E-state index contributed by atoms with van der Waals surface area (Å²) >= 11 is 0. The van der Waals surface area contributed by atoms with Crippen molar-refractivity contribution in [1.82, 2.24) is 15.0 Å². The molecule has 0 fully saturated rings. The maximum Gasteiger partial charge on any atom is 0.435 e. The molecule has 0 saturated carbocycles. The zero-order valence-electron chi connectivity index (χ0n) is 17.6. The Labute approximate surface area is 184 Å². The van der Waals surface area contributed by atoms with Crippen molar-refractivity contribution in [3.8, 4) is 0 Å². The normalized spacial score (nSPS) is 17.9. The largest absolute Gasteiger partial charge is 0.448 e. The average Bonchev–Trinajstić information content (AvgIpc) is 3.14. The summed E-state index contributed by atoms with van der Waals surface area (Å²) in [5.74, 6) is -2.30. The van der Waals surface area contributed by atoms with Crippen molar-refractivity contribution in [2.24, 2.45) is 4.99 Å². The molecule has 9 nitrogen and oxygen atoms in total. The number of carbonyl (C=O) groups is 2. The van der Waals surface area contributed by atoms with Crippen molar-refractivity contribution in [2.45, 2.75) is 19.7 Å². The number of hydrazine groups is 1. The van der Waals surface area contributed by atoms with E-state index in [-0.39, 0.29) is 24.6 Å². The Morgan fingerprint density at radius 1 is 0.938 bits per heavy atom. The third-order valence-corrected chi connectivity index (χ3v) is 4.89. The van der Waals surface area contributed by atoms with Gasteiger partial charge in [-0.15, -0.1) is 5.01 Å². The van der Waals surface area contributed by atoms with Crippen LogP contribution in [0.4, 0.5) is 9.59 Å². The molecule has 0 radical (unpaired) electrons. The van der Waals surface area contributed by atoms with Gasteiger partial charge in [-0.2, -0.15) is 5.01 Å². The van der Waals surface area contributed by atoms with Crippen LogP contribution in [0.5, 0.6) is 0 Å². The van der Waals surface area contributed by atoms with E-state index in [1.807, 2.05) is 30.3 Å². The van der Waals surface area contributed by atoms with Crippen molar-refractivity contribution < 1.29 is 24.2 Å². The zero-order valence-corrected chi connectivity index (χ0v) is 17.6. The fourth-order valence-corrected chi connectivity index (χ4v) is 3.52. The van der Waals surface area contributed by atoms with Crippen LogP contribution in [0.25, 0.3) is 10.8 Å². The monoisotopic (exact) mass is 434 g/mol. The number of aromatic nitrogens is 1. The summed E-state index contributed by atoms with van der Waals surface area (Å²) in [6.45, 7) is 3.34. The van der Waals surface area contributed by atoms with Crippen LogP contribution in [0.3, 0.4) is 0 Å². The van der Waals surface area contributed by atoms with E-state index in [1.165, 1.54) is 0 Å². The first-order valence-corrected chi connectivity index (χ1v) is 10.2. The fourth-order valence-electron chi connectivity index (χ4n) is 3.52. The average molecular weight is 434 g/mol. The molecular formula is C23H22N4O5. The predicted octanol–water partition coefficient (Wildman–Crippen LogP) is 3.63. The molecular weight excluding hydrogens is 412 g/mol. The van der Waals surface area contributed by atoms with E-state index in [4.69, 9.17) is 9.47 Å². The number of nitrogens with zero attached hydrogens (tertiary/aromatic N) is 4. The maximum atomic E-state index is 13.0. The van der Waals surface area contributed by atoms with E-state index in [0.717, 1.165) is 15.4 Å². The van der Waals surface area contributed by atoms with Crippen LogP contribution in [-0.2, 0) is 15.3 Å². The maximum absolute atomic E-state index is 13.0. The topological polar surface area (TPSA) is 105 Å². The molecule has 2 aromatic carbocycles. The van der Waals surface area contributed by atoms with E-state index in [9.17, 15) is 14.7 Å². The van der Waals surface area contributed by atoms with Crippen LogP contribution < -0.4 is 0 Å². The van der Waals surface area contributed by atoms with Gasteiger partial charge in [0, 0.05) is 17.1 Å². The molecule has 1 aromatic heterocycles. The Kier molecular flexibility index (Phi) is 5.74. The molecule has 0 saturated heterocycles. The van der Waals surface area contributed by atoms with Crippen molar-refractivity contribution in [3.63, 3.8) is 0 Å². The minimum absolute atomic E-state index is 0.0265. The number of ether oxygens (including phenoxy) is 2. The highest BCUT2D eigenvalue weighted by Crippen LogP contribution is 2.38. The molecule has 1 aliphatic heterocycles. The van der Waals surface area contributed by atoms with E-state index in [1.54, 1.807) is 50.4 Å². The Hall–Kier alpha value is -3.98. The van der Waals surface area contributed by atoms with Crippen LogP contribution in [0, 0.1) is 0 Å². The van der Waals surface area contributed by atoms with E-state index >= 15 is 0 Å².